The molecule has 0 spiro atoms. The van der Waals surface area contributed by atoms with E-state index in [-0.39, 0.29) is 0 Å². The molecule has 1 saturated heterocycles. The van der Waals surface area contributed by atoms with Crippen LogP contribution in [0.1, 0.15) is 25.1 Å². The van der Waals surface area contributed by atoms with Gasteiger partial charge in [-0.05, 0) is 43.7 Å². The maximum absolute atomic E-state index is 4.82. The fraction of sp³-hybridized carbons (Fsp3) is 0.353. The Bertz CT molecular complexity index is 759. The van der Waals surface area contributed by atoms with E-state index in [1.54, 1.807) is 0 Å². The van der Waals surface area contributed by atoms with E-state index in [1.807, 2.05) is 42.9 Å². The van der Waals surface area contributed by atoms with Gasteiger partial charge in [0.15, 0.2) is 5.65 Å². The quantitative estimate of drug-likeness (QED) is 0.806. The third-order valence-corrected chi connectivity index (χ3v) is 4.25. The van der Waals surface area contributed by atoms with Crippen LogP contribution in [0, 0.1) is 0 Å². The smallest absolute Gasteiger partial charge is 0.164 e. The topological polar surface area (TPSA) is 55.6 Å². The van der Waals surface area contributed by atoms with Crippen LogP contribution in [0.5, 0.6) is 0 Å². The first kappa shape index (κ1) is 13.4. The van der Waals surface area contributed by atoms with Crippen LogP contribution in [0.15, 0.2) is 42.9 Å². The molecule has 0 aliphatic carbocycles. The van der Waals surface area contributed by atoms with Crippen LogP contribution in [0.2, 0.25) is 0 Å². The molecule has 3 aromatic heterocycles. The lowest BCUT2D eigenvalue weighted by molar-refractivity contribution is 0.393. The van der Waals surface area contributed by atoms with Crippen LogP contribution in [0.3, 0.4) is 0 Å². The molecular formula is C17H19N5. The fourth-order valence-corrected chi connectivity index (χ4v) is 3.18. The Hall–Kier alpha value is -2.27. The lowest BCUT2D eigenvalue weighted by Gasteiger charge is -2.23. The van der Waals surface area contributed by atoms with Gasteiger partial charge < -0.3 is 5.32 Å². The standard InChI is InChI=1S/C17H19N5/c1-2-8-19-13(4-1)12-16-21-15-5-3-9-20-17(15)22(16)14-6-10-18-11-7-14/h3,5-7,9-11,13,19H,1-2,4,8,12H2. The maximum Gasteiger partial charge on any atom is 0.164 e. The lowest BCUT2D eigenvalue weighted by Crippen LogP contribution is -2.36. The molecule has 22 heavy (non-hydrogen) atoms. The fourth-order valence-electron chi connectivity index (χ4n) is 3.18. The summed E-state index contributed by atoms with van der Waals surface area (Å²) in [4.78, 5) is 13.5. The molecule has 0 aromatic carbocycles. The first-order valence-electron chi connectivity index (χ1n) is 7.88. The second-order valence-corrected chi connectivity index (χ2v) is 5.77. The van der Waals surface area contributed by atoms with Crippen LogP contribution in [-0.2, 0) is 6.42 Å². The molecule has 1 atom stereocenters. The molecule has 1 aliphatic rings. The zero-order valence-electron chi connectivity index (χ0n) is 12.4. The molecule has 112 valence electrons. The highest BCUT2D eigenvalue weighted by Crippen LogP contribution is 2.21. The molecule has 0 bridgehead atoms. The van der Waals surface area contributed by atoms with E-state index in [0.717, 1.165) is 35.6 Å². The predicted octanol–water partition coefficient (Wildman–Crippen LogP) is 2.50. The minimum atomic E-state index is 0.506. The molecular weight excluding hydrogens is 274 g/mol. The number of aromatic nitrogens is 4. The number of nitrogens with one attached hydrogen (secondary N) is 1. The Morgan fingerprint density at radius 3 is 2.86 bits per heavy atom. The highest BCUT2D eigenvalue weighted by Gasteiger charge is 2.19. The SMILES string of the molecule is c1cnc2c(c1)nc(CC1CCCCN1)n2-c1ccncc1. The molecule has 1 aliphatic heterocycles. The van der Waals surface area contributed by atoms with Crippen molar-refractivity contribution in [1.29, 1.82) is 0 Å². The third kappa shape index (κ3) is 2.48. The van der Waals surface area contributed by atoms with Crippen LogP contribution >= 0.6 is 0 Å². The van der Waals surface area contributed by atoms with Gasteiger partial charge in [0.2, 0.25) is 0 Å². The highest BCUT2D eigenvalue weighted by molar-refractivity contribution is 5.73. The third-order valence-electron chi connectivity index (χ3n) is 4.25. The van der Waals surface area contributed by atoms with Gasteiger partial charge >= 0.3 is 0 Å². The van der Waals surface area contributed by atoms with E-state index in [2.05, 4.69) is 19.9 Å². The Morgan fingerprint density at radius 2 is 2.05 bits per heavy atom. The number of hydrogen-bond acceptors (Lipinski definition) is 4. The molecule has 5 heteroatoms. The average molecular weight is 293 g/mol. The molecule has 4 rings (SSSR count). The van der Waals surface area contributed by atoms with E-state index >= 15 is 0 Å². The van der Waals surface area contributed by atoms with Gasteiger partial charge in [-0.25, -0.2) is 9.97 Å². The molecule has 0 amide bonds. The van der Waals surface area contributed by atoms with E-state index in [9.17, 15) is 0 Å². The normalized spacial score (nSPS) is 18.6. The predicted molar refractivity (Wildman–Crippen MR) is 86.0 cm³/mol. The summed E-state index contributed by atoms with van der Waals surface area (Å²) in [7, 11) is 0. The first-order valence-corrected chi connectivity index (χ1v) is 7.88. The number of pyridine rings is 2. The van der Waals surface area contributed by atoms with Gasteiger partial charge in [-0.1, -0.05) is 6.42 Å². The average Bonchev–Trinajstić information content (AvgIpc) is 2.94. The van der Waals surface area contributed by atoms with E-state index < -0.39 is 0 Å². The first-order chi connectivity index (χ1) is 10.9. The minimum absolute atomic E-state index is 0.506. The van der Waals surface area contributed by atoms with Gasteiger partial charge in [-0.2, -0.15) is 0 Å². The van der Waals surface area contributed by atoms with E-state index in [1.165, 1.54) is 19.3 Å². The molecule has 4 heterocycles. The van der Waals surface area contributed by atoms with E-state index in [4.69, 9.17) is 4.98 Å². The summed E-state index contributed by atoms with van der Waals surface area (Å²) in [6, 6.07) is 8.49. The number of hydrogen-bond donors (Lipinski definition) is 1. The van der Waals surface area contributed by atoms with Gasteiger partial charge in [-0.3, -0.25) is 9.55 Å². The van der Waals surface area contributed by atoms with Gasteiger partial charge in [0, 0.05) is 31.1 Å². The van der Waals surface area contributed by atoms with Crippen molar-refractivity contribution in [2.24, 2.45) is 0 Å². The second-order valence-electron chi connectivity index (χ2n) is 5.77. The summed E-state index contributed by atoms with van der Waals surface area (Å²) in [5.41, 5.74) is 2.94. The summed E-state index contributed by atoms with van der Waals surface area (Å²) in [5, 5.41) is 3.60. The number of nitrogens with zero attached hydrogens (tertiary/aromatic N) is 4. The molecule has 1 unspecified atom stereocenters. The largest absolute Gasteiger partial charge is 0.314 e. The monoisotopic (exact) mass is 293 g/mol. The number of rotatable bonds is 3. The Kier molecular flexibility index (Phi) is 3.56. The van der Waals surface area contributed by atoms with Crippen molar-refractivity contribution in [2.75, 3.05) is 6.54 Å². The molecule has 0 radical (unpaired) electrons. The van der Waals surface area contributed by atoms with Gasteiger partial charge in [0.25, 0.3) is 0 Å². The Morgan fingerprint density at radius 1 is 1.14 bits per heavy atom. The van der Waals surface area contributed by atoms with Crippen molar-refractivity contribution in [3.63, 3.8) is 0 Å². The summed E-state index contributed by atoms with van der Waals surface area (Å²) in [5.74, 6) is 1.07. The molecule has 1 fully saturated rings. The van der Waals surface area contributed by atoms with Crippen LogP contribution in [0.4, 0.5) is 0 Å². The van der Waals surface area contributed by atoms with Crippen LogP contribution in [0.25, 0.3) is 16.9 Å². The van der Waals surface area contributed by atoms with Gasteiger partial charge in [0.05, 0.1) is 5.69 Å². The van der Waals surface area contributed by atoms with Crippen molar-refractivity contribution in [3.8, 4) is 5.69 Å². The highest BCUT2D eigenvalue weighted by atomic mass is 15.1. The number of imidazole rings is 1. The van der Waals surface area contributed by atoms with Crippen molar-refractivity contribution in [1.82, 2.24) is 24.8 Å². The number of piperidine rings is 1. The van der Waals surface area contributed by atoms with Gasteiger partial charge in [-0.15, -0.1) is 0 Å². The molecule has 1 N–H and O–H groups in total. The molecule has 0 saturated carbocycles. The van der Waals surface area contributed by atoms with Crippen LogP contribution < -0.4 is 5.32 Å². The summed E-state index contributed by atoms with van der Waals surface area (Å²) >= 11 is 0. The maximum atomic E-state index is 4.82. The van der Waals surface area contributed by atoms with Crippen LogP contribution in [-0.4, -0.2) is 32.1 Å². The summed E-state index contributed by atoms with van der Waals surface area (Å²) in [6.07, 6.45) is 10.2. The number of fused-ring (bicyclic) bond motifs is 1. The molecule has 5 nitrogen and oxygen atoms in total. The van der Waals surface area contributed by atoms with Crippen molar-refractivity contribution in [2.45, 2.75) is 31.7 Å². The van der Waals surface area contributed by atoms with Crippen molar-refractivity contribution >= 4 is 11.2 Å². The minimum Gasteiger partial charge on any atom is -0.314 e. The Labute approximate surface area is 129 Å². The summed E-state index contributed by atoms with van der Waals surface area (Å²) < 4.78 is 2.16. The second kappa shape index (κ2) is 5.85. The molecule has 3 aromatic rings. The zero-order chi connectivity index (χ0) is 14.8. The lowest BCUT2D eigenvalue weighted by atomic mass is 10.0. The van der Waals surface area contributed by atoms with Crippen molar-refractivity contribution < 1.29 is 0 Å². The Balaban J connectivity index is 1.79. The zero-order valence-corrected chi connectivity index (χ0v) is 12.4. The van der Waals surface area contributed by atoms with E-state index in [0.29, 0.717) is 6.04 Å². The van der Waals surface area contributed by atoms with Gasteiger partial charge in [0.1, 0.15) is 11.3 Å². The summed E-state index contributed by atoms with van der Waals surface area (Å²) in [6.45, 7) is 1.11. The van der Waals surface area contributed by atoms with Crippen molar-refractivity contribution in [3.05, 3.63) is 48.7 Å².